The largest absolute Gasteiger partial charge is 0.481 e. The molecular formula is C8H7ClN2O. The van der Waals surface area contributed by atoms with E-state index in [1.54, 1.807) is 12.3 Å². The van der Waals surface area contributed by atoms with Crippen LogP contribution in [-0.2, 0) is 6.42 Å². The van der Waals surface area contributed by atoms with E-state index >= 15 is 0 Å². The number of aromatic nitrogens is 1. The Hall–Kier alpha value is -1.27. The summed E-state index contributed by atoms with van der Waals surface area (Å²) in [7, 11) is 1.52. The van der Waals surface area contributed by atoms with Crippen LogP contribution in [0.2, 0.25) is 5.02 Å². The third-order valence-corrected chi connectivity index (χ3v) is 1.74. The van der Waals surface area contributed by atoms with Crippen molar-refractivity contribution in [3.05, 3.63) is 22.8 Å². The van der Waals surface area contributed by atoms with Crippen molar-refractivity contribution in [1.82, 2.24) is 4.98 Å². The van der Waals surface area contributed by atoms with Gasteiger partial charge in [-0.15, -0.1) is 0 Å². The maximum absolute atomic E-state index is 8.40. The fourth-order valence-electron chi connectivity index (χ4n) is 0.768. The van der Waals surface area contributed by atoms with Crippen LogP contribution in [0.1, 0.15) is 5.56 Å². The number of halogens is 1. The molecule has 0 radical (unpaired) electrons. The van der Waals surface area contributed by atoms with E-state index in [9.17, 15) is 0 Å². The van der Waals surface area contributed by atoms with E-state index in [-0.39, 0.29) is 6.42 Å². The lowest BCUT2D eigenvalue weighted by molar-refractivity contribution is 0.397. The van der Waals surface area contributed by atoms with Gasteiger partial charge in [0.1, 0.15) is 0 Å². The van der Waals surface area contributed by atoms with Crippen molar-refractivity contribution < 1.29 is 4.74 Å². The number of hydrogen-bond acceptors (Lipinski definition) is 3. The van der Waals surface area contributed by atoms with Gasteiger partial charge >= 0.3 is 0 Å². The Bertz CT molecular complexity index is 319. The molecule has 0 aliphatic rings. The smallest absolute Gasteiger partial charge is 0.214 e. The zero-order chi connectivity index (χ0) is 8.97. The quantitative estimate of drug-likeness (QED) is 0.701. The standard InChI is InChI=1S/C8H7ClN2O/c1-12-8-4-7(9)6(2-3-10)5-11-8/h4-5H,2H2,1H3. The molecule has 0 aliphatic heterocycles. The number of methoxy groups -OCH3 is 1. The molecule has 0 saturated heterocycles. The third kappa shape index (κ3) is 1.86. The van der Waals surface area contributed by atoms with Crippen molar-refractivity contribution in [2.75, 3.05) is 7.11 Å². The molecule has 62 valence electrons. The monoisotopic (exact) mass is 182 g/mol. The van der Waals surface area contributed by atoms with Crippen molar-refractivity contribution >= 4 is 11.6 Å². The van der Waals surface area contributed by atoms with Gasteiger partial charge in [-0.1, -0.05) is 11.6 Å². The Balaban J connectivity index is 2.97. The molecule has 0 aromatic carbocycles. The molecule has 3 nitrogen and oxygen atoms in total. The molecule has 0 fully saturated rings. The molecule has 0 unspecified atom stereocenters. The van der Waals surface area contributed by atoms with E-state index in [0.29, 0.717) is 10.9 Å². The normalized spacial score (nSPS) is 9.08. The van der Waals surface area contributed by atoms with Crippen LogP contribution >= 0.6 is 11.6 Å². The average Bonchev–Trinajstić information content (AvgIpc) is 2.09. The first-order valence-corrected chi connectivity index (χ1v) is 3.71. The summed E-state index contributed by atoms with van der Waals surface area (Å²) in [5.41, 5.74) is 0.722. The highest BCUT2D eigenvalue weighted by Crippen LogP contribution is 2.19. The highest BCUT2D eigenvalue weighted by molar-refractivity contribution is 6.31. The van der Waals surface area contributed by atoms with Gasteiger partial charge in [-0.3, -0.25) is 0 Å². The highest BCUT2D eigenvalue weighted by atomic mass is 35.5. The molecule has 0 bridgehead atoms. The lowest BCUT2D eigenvalue weighted by Crippen LogP contribution is -1.90. The molecule has 4 heteroatoms. The predicted octanol–water partition coefficient (Wildman–Crippen LogP) is 1.81. The lowest BCUT2D eigenvalue weighted by Gasteiger charge is -2.01. The van der Waals surface area contributed by atoms with Crippen LogP contribution < -0.4 is 4.74 Å². The number of pyridine rings is 1. The zero-order valence-corrected chi connectivity index (χ0v) is 7.30. The average molecular weight is 183 g/mol. The first kappa shape index (κ1) is 8.82. The number of nitriles is 1. The second-order valence-corrected chi connectivity index (χ2v) is 2.56. The third-order valence-electron chi connectivity index (χ3n) is 1.38. The molecule has 0 N–H and O–H groups in total. The van der Waals surface area contributed by atoms with Gasteiger partial charge in [0.15, 0.2) is 0 Å². The second-order valence-electron chi connectivity index (χ2n) is 2.15. The summed E-state index contributed by atoms with van der Waals surface area (Å²) in [6.07, 6.45) is 1.82. The van der Waals surface area contributed by atoms with E-state index in [0.717, 1.165) is 5.56 Å². The maximum atomic E-state index is 8.40. The summed E-state index contributed by atoms with van der Waals surface area (Å²) < 4.78 is 4.85. The molecule has 0 amide bonds. The van der Waals surface area contributed by atoms with Gasteiger partial charge in [0, 0.05) is 17.8 Å². The van der Waals surface area contributed by atoms with Crippen LogP contribution in [0, 0.1) is 11.3 Å². The Kier molecular flexibility index (Phi) is 2.89. The molecular weight excluding hydrogens is 176 g/mol. The summed E-state index contributed by atoms with van der Waals surface area (Å²) >= 11 is 5.82. The van der Waals surface area contributed by atoms with Crippen LogP contribution in [0.15, 0.2) is 12.3 Å². The highest BCUT2D eigenvalue weighted by Gasteiger charge is 2.01. The van der Waals surface area contributed by atoms with Gasteiger partial charge in [-0.05, 0) is 0 Å². The van der Waals surface area contributed by atoms with Crippen molar-refractivity contribution in [2.24, 2.45) is 0 Å². The summed E-state index contributed by atoms with van der Waals surface area (Å²) in [6.45, 7) is 0. The number of nitrogens with zero attached hydrogens (tertiary/aromatic N) is 2. The summed E-state index contributed by atoms with van der Waals surface area (Å²) in [5, 5.41) is 8.92. The number of rotatable bonds is 2. The minimum atomic E-state index is 0.274. The molecule has 1 rings (SSSR count). The maximum Gasteiger partial charge on any atom is 0.214 e. The Morgan fingerprint density at radius 3 is 3.00 bits per heavy atom. The molecule has 1 aromatic rings. The molecule has 0 saturated carbocycles. The fourth-order valence-corrected chi connectivity index (χ4v) is 0.977. The Labute approximate surface area is 75.6 Å². The molecule has 1 heterocycles. The van der Waals surface area contributed by atoms with E-state index in [1.165, 1.54) is 7.11 Å². The van der Waals surface area contributed by atoms with E-state index in [1.807, 2.05) is 6.07 Å². The molecule has 0 atom stereocenters. The number of ether oxygens (including phenoxy) is 1. The Morgan fingerprint density at radius 2 is 2.50 bits per heavy atom. The zero-order valence-electron chi connectivity index (χ0n) is 6.54. The predicted molar refractivity (Wildman–Crippen MR) is 45.1 cm³/mol. The van der Waals surface area contributed by atoms with Crippen molar-refractivity contribution in [3.63, 3.8) is 0 Å². The first-order valence-electron chi connectivity index (χ1n) is 3.33. The van der Waals surface area contributed by atoms with Crippen molar-refractivity contribution in [3.8, 4) is 11.9 Å². The minimum absolute atomic E-state index is 0.274. The second kappa shape index (κ2) is 3.93. The van der Waals surface area contributed by atoms with Crippen LogP contribution in [0.25, 0.3) is 0 Å². The van der Waals surface area contributed by atoms with E-state index in [2.05, 4.69) is 4.98 Å². The van der Waals surface area contributed by atoms with Gasteiger partial charge in [0.25, 0.3) is 0 Å². The molecule has 12 heavy (non-hydrogen) atoms. The topological polar surface area (TPSA) is 45.9 Å². The lowest BCUT2D eigenvalue weighted by atomic mass is 10.2. The van der Waals surface area contributed by atoms with Crippen molar-refractivity contribution in [2.45, 2.75) is 6.42 Å². The first-order chi connectivity index (χ1) is 5.77. The fraction of sp³-hybridized carbons (Fsp3) is 0.250. The molecule has 0 aliphatic carbocycles. The van der Waals surface area contributed by atoms with E-state index in [4.69, 9.17) is 21.6 Å². The van der Waals surface area contributed by atoms with Gasteiger partial charge in [-0.2, -0.15) is 5.26 Å². The van der Waals surface area contributed by atoms with Crippen molar-refractivity contribution in [1.29, 1.82) is 5.26 Å². The SMILES string of the molecule is COc1cc(Cl)c(CC#N)cn1. The van der Waals surface area contributed by atoms with Gasteiger partial charge in [0.05, 0.1) is 24.6 Å². The Morgan fingerprint density at radius 1 is 1.75 bits per heavy atom. The molecule has 0 spiro atoms. The summed E-state index contributed by atoms with van der Waals surface area (Å²) in [6, 6.07) is 3.59. The summed E-state index contributed by atoms with van der Waals surface area (Å²) in [5.74, 6) is 0.460. The minimum Gasteiger partial charge on any atom is -0.481 e. The molecule has 1 aromatic heterocycles. The van der Waals surface area contributed by atoms with Crippen LogP contribution in [0.5, 0.6) is 5.88 Å². The van der Waals surface area contributed by atoms with Crippen LogP contribution in [0.4, 0.5) is 0 Å². The van der Waals surface area contributed by atoms with Gasteiger partial charge < -0.3 is 4.74 Å². The summed E-state index contributed by atoms with van der Waals surface area (Å²) in [4.78, 5) is 3.92. The van der Waals surface area contributed by atoms with Gasteiger partial charge in [0.2, 0.25) is 5.88 Å². The van der Waals surface area contributed by atoms with Crippen LogP contribution in [-0.4, -0.2) is 12.1 Å². The van der Waals surface area contributed by atoms with Crippen LogP contribution in [0.3, 0.4) is 0 Å². The number of hydrogen-bond donors (Lipinski definition) is 0. The van der Waals surface area contributed by atoms with E-state index < -0.39 is 0 Å². The van der Waals surface area contributed by atoms with Gasteiger partial charge in [-0.25, -0.2) is 4.98 Å².